The van der Waals surface area contributed by atoms with Crippen molar-refractivity contribution in [1.29, 1.82) is 0 Å². The van der Waals surface area contributed by atoms with Gasteiger partial charge in [0.05, 0.1) is 10.5 Å². The molecule has 50 heavy (non-hydrogen) atoms. The number of likely N-dealkylation sites (tertiary alicyclic amines) is 1. The average Bonchev–Trinajstić information content (AvgIpc) is 3.61. The Morgan fingerprint density at radius 1 is 1.00 bits per heavy atom. The first-order valence-corrected chi connectivity index (χ1v) is 19.4. The van der Waals surface area contributed by atoms with Gasteiger partial charge in [-0.25, -0.2) is 17.8 Å². The van der Waals surface area contributed by atoms with E-state index < -0.39 is 20.7 Å². The molecule has 260 valence electrons. The molecular weight excluding hydrogens is 695 g/mol. The summed E-state index contributed by atoms with van der Waals surface area (Å²) >= 11 is 7.74. The second kappa shape index (κ2) is 15.7. The fraction of sp³-hybridized carbons (Fsp3) is 0.289. The lowest BCUT2D eigenvalue weighted by molar-refractivity contribution is -0.130. The summed E-state index contributed by atoms with van der Waals surface area (Å²) in [5, 5.41) is 1.43. The first kappa shape index (κ1) is 35.5. The van der Waals surface area contributed by atoms with Crippen molar-refractivity contribution in [2.24, 2.45) is 5.92 Å². The molecule has 0 bridgehead atoms. The maximum atomic E-state index is 15.4. The van der Waals surface area contributed by atoms with E-state index in [0.717, 1.165) is 97.3 Å². The van der Waals surface area contributed by atoms with Gasteiger partial charge in [-0.15, -0.1) is 11.3 Å². The normalized spacial score (nSPS) is 13.7. The third kappa shape index (κ3) is 8.69. The summed E-state index contributed by atoms with van der Waals surface area (Å²) in [6, 6.07) is 19.9. The van der Waals surface area contributed by atoms with E-state index in [1.165, 1.54) is 22.2 Å². The van der Waals surface area contributed by atoms with E-state index in [1.807, 2.05) is 54.3 Å². The molecule has 6 rings (SSSR count). The Morgan fingerprint density at radius 2 is 1.80 bits per heavy atom. The van der Waals surface area contributed by atoms with E-state index in [2.05, 4.69) is 26.8 Å². The average molecular weight is 733 g/mol. The van der Waals surface area contributed by atoms with Crippen LogP contribution >= 0.6 is 22.9 Å². The smallest absolute Gasteiger partial charge is 0.266 e. The third-order valence-electron chi connectivity index (χ3n) is 8.98. The van der Waals surface area contributed by atoms with Crippen molar-refractivity contribution in [2.45, 2.75) is 57.3 Å². The number of hydrogen-bond donors (Lipinski definition) is 1. The standard InChI is InChI=1S/C38H38ClFN4O4S2/c1-25-6-5-8-28(18-25)29-10-11-35(48-36-22-34(40)37(21-33(36)39)50(46,47)43-38-23-49-24-42-38)32(20-29)30-12-15-41-31(19-30)9-4-3-7-27-13-16-44(17-14-27)26(2)45/h5-6,8,10-12,15,18-24,27,43H,3-4,7,9,13-14,16-17H2,1-2H3. The zero-order valence-electron chi connectivity index (χ0n) is 27.9. The number of piperidine rings is 1. The van der Waals surface area contributed by atoms with Crippen molar-refractivity contribution in [1.82, 2.24) is 14.9 Å². The van der Waals surface area contributed by atoms with Crippen LogP contribution in [0.1, 0.15) is 50.3 Å². The zero-order chi connectivity index (χ0) is 35.3. The number of ether oxygens (including phenoxy) is 1. The number of pyridine rings is 1. The van der Waals surface area contributed by atoms with Crippen LogP contribution in [0.2, 0.25) is 5.02 Å². The van der Waals surface area contributed by atoms with Crippen LogP contribution in [-0.4, -0.2) is 42.3 Å². The molecule has 1 fully saturated rings. The number of thiazole rings is 1. The second-order valence-corrected chi connectivity index (χ2v) is 15.4. The number of amides is 1. The Balaban J connectivity index is 1.23. The minimum absolute atomic E-state index is 0.0234. The highest BCUT2D eigenvalue weighted by molar-refractivity contribution is 7.92. The van der Waals surface area contributed by atoms with Crippen LogP contribution in [0.3, 0.4) is 0 Å². The molecule has 0 radical (unpaired) electrons. The Hall–Kier alpha value is -4.32. The van der Waals surface area contributed by atoms with Gasteiger partial charge in [-0.05, 0) is 85.5 Å². The number of aromatic nitrogens is 2. The van der Waals surface area contributed by atoms with Crippen molar-refractivity contribution in [2.75, 3.05) is 17.8 Å². The molecule has 8 nitrogen and oxygen atoms in total. The lowest BCUT2D eigenvalue weighted by Crippen LogP contribution is -2.36. The topological polar surface area (TPSA) is 101 Å². The molecule has 0 saturated carbocycles. The molecule has 1 aliphatic rings. The number of nitrogens with one attached hydrogen (secondary N) is 1. The molecule has 3 heterocycles. The predicted molar refractivity (Wildman–Crippen MR) is 197 cm³/mol. The van der Waals surface area contributed by atoms with Crippen molar-refractivity contribution in [3.8, 4) is 33.8 Å². The quantitative estimate of drug-likeness (QED) is 0.128. The number of carbonyl (C=O) groups is 1. The highest BCUT2D eigenvalue weighted by Gasteiger charge is 2.24. The molecule has 0 aliphatic carbocycles. The van der Waals surface area contributed by atoms with Gasteiger partial charge in [-0.2, -0.15) is 0 Å². The van der Waals surface area contributed by atoms with Gasteiger partial charge in [0.25, 0.3) is 10.0 Å². The van der Waals surface area contributed by atoms with Crippen LogP contribution < -0.4 is 9.46 Å². The van der Waals surface area contributed by atoms with Gasteiger partial charge < -0.3 is 9.64 Å². The summed E-state index contributed by atoms with van der Waals surface area (Å²) < 4.78 is 49.7. The number of unbranched alkanes of at least 4 members (excludes halogenated alkanes) is 1. The van der Waals surface area contributed by atoms with Crippen LogP contribution in [-0.2, 0) is 21.2 Å². The number of rotatable bonds is 12. The van der Waals surface area contributed by atoms with Crippen LogP contribution in [0.4, 0.5) is 10.2 Å². The van der Waals surface area contributed by atoms with Gasteiger partial charge >= 0.3 is 0 Å². The van der Waals surface area contributed by atoms with E-state index in [1.54, 1.807) is 13.1 Å². The lowest BCUT2D eigenvalue weighted by atomic mass is 9.91. The fourth-order valence-corrected chi connectivity index (χ4v) is 8.19. The van der Waals surface area contributed by atoms with Crippen LogP contribution in [0, 0.1) is 18.7 Å². The monoisotopic (exact) mass is 732 g/mol. The maximum Gasteiger partial charge on any atom is 0.266 e. The second-order valence-electron chi connectivity index (χ2n) is 12.6. The largest absolute Gasteiger partial charge is 0.455 e. The van der Waals surface area contributed by atoms with E-state index in [0.29, 0.717) is 11.7 Å². The van der Waals surface area contributed by atoms with Gasteiger partial charge in [0, 0.05) is 48.9 Å². The number of nitrogens with zero attached hydrogens (tertiary/aromatic N) is 3. The Kier molecular flexibility index (Phi) is 11.2. The first-order valence-electron chi connectivity index (χ1n) is 16.6. The number of carbonyl (C=O) groups excluding carboxylic acids is 1. The first-order chi connectivity index (χ1) is 24.1. The van der Waals surface area contributed by atoms with E-state index in [4.69, 9.17) is 16.3 Å². The summed E-state index contributed by atoms with van der Waals surface area (Å²) in [7, 11) is -4.29. The number of benzene rings is 3. The zero-order valence-corrected chi connectivity index (χ0v) is 30.3. The SMILES string of the molecule is CC(=O)N1CCC(CCCCc2cc(-c3cc(-c4cccc(C)c4)ccc3Oc3cc(F)c(S(=O)(=O)Nc4cscn4)cc3Cl)ccn2)CC1. The number of sulfonamides is 1. The van der Waals surface area contributed by atoms with Crippen LogP contribution in [0.15, 0.2) is 88.7 Å². The highest BCUT2D eigenvalue weighted by atomic mass is 35.5. The molecule has 12 heteroatoms. The Bertz CT molecular complexity index is 2080. The van der Waals surface area contributed by atoms with Gasteiger partial charge in [-0.1, -0.05) is 60.3 Å². The molecule has 0 spiro atoms. The van der Waals surface area contributed by atoms with Gasteiger partial charge in [0.1, 0.15) is 22.2 Å². The maximum absolute atomic E-state index is 15.4. The van der Waals surface area contributed by atoms with E-state index in [9.17, 15) is 13.2 Å². The molecule has 0 unspecified atom stereocenters. The number of hydrogen-bond acceptors (Lipinski definition) is 7. The molecule has 1 amide bonds. The van der Waals surface area contributed by atoms with Crippen molar-refractivity contribution >= 4 is 44.7 Å². The summed E-state index contributed by atoms with van der Waals surface area (Å²) in [4.78, 5) is 21.5. The summed E-state index contributed by atoms with van der Waals surface area (Å²) in [5.41, 5.74) is 7.18. The number of anilines is 1. The molecule has 1 aliphatic heterocycles. The van der Waals surface area contributed by atoms with Crippen molar-refractivity contribution < 1.29 is 22.3 Å². The highest BCUT2D eigenvalue weighted by Crippen LogP contribution is 2.40. The molecule has 2 aromatic heterocycles. The Morgan fingerprint density at radius 3 is 2.54 bits per heavy atom. The minimum Gasteiger partial charge on any atom is -0.455 e. The number of halogens is 2. The fourth-order valence-electron chi connectivity index (χ4n) is 6.28. The molecule has 1 saturated heterocycles. The van der Waals surface area contributed by atoms with Crippen LogP contribution in [0.25, 0.3) is 22.3 Å². The van der Waals surface area contributed by atoms with Crippen molar-refractivity contribution in [3.05, 3.63) is 106 Å². The molecule has 1 N–H and O–H groups in total. The van der Waals surface area contributed by atoms with Crippen LogP contribution in [0.5, 0.6) is 11.5 Å². The minimum atomic E-state index is -4.29. The summed E-state index contributed by atoms with van der Waals surface area (Å²) in [6.45, 7) is 5.38. The summed E-state index contributed by atoms with van der Waals surface area (Å²) in [5.74, 6) is 0.284. The molecule has 5 aromatic rings. The summed E-state index contributed by atoms with van der Waals surface area (Å²) in [6.07, 6.45) is 7.94. The van der Waals surface area contributed by atoms with Gasteiger partial charge in [0.15, 0.2) is 5.82 Å². The third-order valence-corrected chi connectivity index (χ3v) is 11.2. The number of aryl methyl sites for hydroxylation is 2. The molecular formula is C38H38ClFN4O4S2. The Labute approximate surface area is 301 Å². The van der Waals surface area contributed by atoms with Crippen molar-refractivity contribution in [3.63, 3.8) is 0 Å². The predicted octanol–water partition coefficient (Wildman–Crippen LogP) is 9.54. The van der Waals surface area contributed by atoms with Gasteiger partial charge in [-0.3, -0.25) is 14.5 Å². The lowest BCUT2D eigenvalue weighted by Gasteiger charge is -2.31. The van der Waals surface area contributed by atoms with E-state index >= 15 is 4.39 Å². The molecule has 0 atom stereocenters. The van der Waals surface area contributed by atoms with Gasteiger partial charge in [0.2, 0.25) is 5.91 Å². The van der Waals surface area contributed by atoms with E-state index in [-0.39, 0.29) is 22.5 Å². The molecule has 3 aromatic carbocycles.